The quantitative estimate of drug-likeness (QED) is 0.873. The van der Waals surface area contributed by atoms with Crippen LogP contribution in [0.1, 0.15) is 17.0 Å². The summed E-state index contributed by atoms with van der Waals surface area (Å²) >= 11 is 0. The molecule has 0 saturated carbocycles. The highest BCUT2D eigenvalue weighted by molar-refractivity contribution is 5.87. The Morgan fingerprint density at radius 1 is 1.47 bits per heavy atom. The van der Waals surface area contributed by atoms with Gasteiger partial charge in [-0.2, -0.15) is 0 Å². The van der Waals surface area contributed by atoms with Gasteiger partial charge in [-0.3, -0.25) is 4.79 Å². The van der Waals surface area contributed by atoms with Crippen molar-refractivity contribution in [3.05, 3.63) is 35.4 Å². The van der Waals surface area contributed by atoms with Gasteiger partial charge in [-0.05, 0) is 24.6 Å². The fraction of sp³-hybridized carbons (Fsp3) is 0.533. The summed E-state index contributed by atoms with van der Waals surface area (Å²) < 4.78 is 5.64. The Morgan fingerprint density at radius 3 is 3.11 bits per heavy atom. The first-order valence-corrected chi connectivity index (χ1v) is 6.92. The number of ether oxygens (including phenoxy) is 1. The van der Waals surface area contributed by atoms with E-state index >= 15 is 0 Å². The first-order chi connectivity index (χ1) is 9.29. The first kappa shape index (κ1) is 12.6. The van der Waals surface area contributed by atoms with Gasteiger partial charge in [-0.1, -0.05) is 24.3 Å². The fourth-order valence-corrected chi connectivity index (χ4v) is 2.97. The largest absolute Gasteiger partial charge is 0.373 e. The molecular weight excluding hydrogens is 240 g/mol. The maximum absolute atomic E-state index is 12.5. The molecular formula is C15H20N2O2. The molecule has 2 atom stereocenters. The van der Waals surface area contributed by atoms with Gasteiger partial charge in [0, 0.05) is 19.6 Å². The lowest BCUT2D eigenvalue weighted by molar-refractivity contribution is -0.140. The van der Waals surface area contributed by atoms with E-state index in [0.717, 1.165) is 19.5 Å². The predicted octanol–water partition coefficient (Wildman–Crippen LogP) is 0.773. The Kier molecular flexibility index (Phi) is 3.53. The number of carbonyl (C=O) groups excluding carboxylic acids is 1. The van der Waals surface area contributed by atoms with E-state index in [1.54, 1.807) is 0 Å². The Morgan fingerprint density at radius 2 is 2.32 bits per heavy atom. The molecule has 0 aromatic heterocycles. The summed E-state index contributed by atoms with van der Waals surface area (Å²) in [6.45, 7) is 2.87. The number of nitrogens with zero attached hydrogens (tertiary/aromatic N) is 1. The van der Waals surface area contributed by atoms with E-state index < -0.39 is 0 Å². The van der Waals surface area contributed by atoms with Crippen LogP contribution in [0, 0.1) is 0 Å². The topological polar surface area (TPSA) is 41.6 Å². The SMILES string of the molecule is CNCC1CN(C(=O)C2Cc3ccccc32)CCO1. The van der Waals surface area contributed by atoms with Gasteiger partial charge in [0.15, 0.2) is 0 Å². The summed E-state index contributed by atoms with van der Waals surface area (Å²) in [5, 5.41) is 3.11. The monoisotopic (exact) mass is 260 g/mol. The number of nitrogens with one attached hydrogen (secondary N) is 1. The standard InChI is InChI=1S/C15H20N2O2/c1-16-9-12-10-17(6-7-19-12)15(18)14-8-11-4-2-3-5-13(11)14/h2-5,12,14,16H,6-10H2,1H3. The molecule has 1 aliphatic heterocycles. The van der Waals surface area contributed by atoms with Crippen LogP contribution >= 0.6 is 0 Å². The number of amides is 1. The van der Waals surface area contributed by atoms with Crippen molar-refractivity contribution in [2.75, 3.05) is 33.3 Å². The maximum Gasteiger partial charge on any atom is 0.230 e. The normalized spacial score (nSPS) is 25.6. The molecule has 1 aliphatic carbocycles. The zero-order valence-corrected chi connectivity index (χ0v) is 11.3. The van der Waals surface area contributed by atoms with Crippen molar-refractivity contribution in [3.63, 3.8) is 0 Å². The number of hydrogen-bond acceptors (Lipinski definition) is 3. The van der Waals surface area contributed by atoms with Gasteiger partial charge in [-0.25, -0.2) is 0 Å². The van der Waals surface area contributed by atoms with Gasteiger partial charge < -0.3 is 15.0 Å². The smallest absolute Gasteiger partial charge is 0.230 e. The number of benzene rings is 1. The van der Waals surface area contributed by atoms with Crippen molar-refractivity contribution in [3.8, 4) is 0 Å². The maximum atomic E-state index is 12.5. The number of hydrogen-bond donors (Lipinski definition) is 1. The summed E-state index contributed by atoms with van der Waals surface area (Å²) in [6, 6.07) is 8.24. The summed E-state index contributed by atoms with van der Waals surface area (Å²) in [5.74, 6) is 0.340. The molecule has 0 bridgehead atoms. The lowest BCUT2D eigenvalue weighted by Gasteiger charge is -2.38. The zero-order chi connectivity index (χ0) is 13.2. The predicted molar refractivity (Wildman–Crippen MR) is 73.1 cm³/mol. The van der Waals surface area contributed by atoms with Gasteiger partial charge in [0.1, 0.15) is 0 Å². The molecule has 1 heterocycles. The molecule has 1 N–H and O–H groups in total. The minimum absolute atomic E-state index is 0.0736. The van der Waals surface area contributed by atoms with Gasteiger partial charge in [0.25, 0.3) is 0 Å². The molecule has 102 valence electrons. The van der Waals surface area contributed by atoms with Crippen molar-refractivity contribution >= 4 is 5.91 Å². The minimum atomic E-state index is 0.0736. The van der Waals surface area contributed by atoms with Crippen LogP contribution < -0.4 is 5.32 Å². The lowest BCUT2D eigenvalue weighted by Crippen LogP contribution is -2.51. The molecule has 1 amide bonds. The number of rotatable bonds is 3. The third-order valence-electron chi connectivity index (χ3n) is 4.03. The van der Waals surface area contributed by atoms with Crippen molar-refractivity contribution in [1.82, 2.24) is 10.2 Å². The third-order valence-corrected chi connectivity index (χ3v) is 4.03. The van der Waals surface area contributed by atoms with Crippen molar-refractivity contribution in [2.45, 2.75) is 18.4 Å². The molecule has 4 nitrogen and oxygen atoms in total. The van der Waals surface area contributed by atoms with Crippen molar-refractivity contribution in [1.29, 1.82) is 0 Å². The van der Waals surface area contributed by atoms with E-state index in [0.29, 0.717) is 13.2 Å². The Labute approximate surface area is 113 Å². The van der Waals surface area contributed by atoms with E-state index in [2.05, 4.69) is 17.4 Å². The Bertz CT molecular complexity index is 473. The lowest BCUT2D eigenvalue weighted by atomic mass is 9.77. The highest BCUT2D eigenvalue weighted by Crippen LogP contribution is 2.36. The summed E-state index contributed by atoms with van der Waals surface area (Å²) in [6.07, 6.45) is 1.02. The van der Waals surface area contributed by atoms with E-state index in [1.165, 1.54) is 11.1 Å². The van der Waals surface area contributed by atoms with Crippen LogP contribution in [-0.4, -0.2) is 50.2 Å². The van der Waals surface area contributed by atoms with Gasteiger partial charge in [-0.15, -0.1) is 0 Å². The second-order valence-corrected chi connectivity index (χ2v) is 5.29. The molecule has 1 fully saturated rings. The average Bonchev–Trinajstić information content (AvgIpc) is 2.41. The molecule has 3 rings (SSSR count). The van der Waals surface area contributed by atoms with Crippen LogP contribution in [0.5, 0.6) is 0 Å². The molecule has 1 saturated heterocycles. The number of carbonyl (C=O) groups is 1. The van der Waals surface area contributed by atoms with Gasteiger partial charge in [0.2, 0.25) is 5.91 Å². The van der Waals surface area contributed by atoms with Crippen LogP contribution in [0.4, 0.5) is 0 Å². The molecule has 2 aliphatic rings. The van der Waals surface area contributed by atoms with Crippen molar-refractivity contribution in [2.24, 2.45) is 0 Å². The Hall–Kier alpha value is -1.39. The third kappa shape index (κ3) is 2.38. The van der Waals surface area contributed by atoms with E-state index in [9.17, 15) is 4.79 Å². The summed E-state index contributed by atoms with van der Waals surface area (Å²) in [7, 11) is 1.91. The molecule has 0 spiro atoms. The van der Waals surface area contributed by atoms with E-state index in [1.807, 2.05) is 24.1 Å². The van der Waals surface area contributed by atoms with Crippen LogP contribution in [0.25, 0.3) is 0 Å². The highest BCUT2D eigenvalue weighted by Gasteiger charge is 2.36. The first-order valence-electron chi connectivity index (χ1n) is 6.92. The Balaban J connectivity index is 1.65. The second-order valence-electron chi connectivity index (χ2n) is 5.29. The average molecular weight is 260 g/mol. The van der Waals surface area contributed by atoms with Crippen LogP contribution in [-0.2, 0) is 16.0 Å². The summed E-state index contributed by atoms with van der Waals surface area (Å²) in [4.78, 5) is 14.5. The molecule has 2 unspecified atom stereocenters. The molecule has 19 heavy (non-hydrogen) atoms. The van der Waals surface area contributed by atoms with Crippen LogP contribution in [0.15, 0.2) is 24.3 Å². The molecule has 0 radical (unpaired) electrons. The van der Waals surface area contributed by atoms with Crippen LogP contribution in [0.3, 0.4) is 0 Å². The fourth-order valence-electron chi connectivity index (χ4n) is 2.97. The van der Waals surface area contributed by atoms with Gasteiger partial charge in [0.05, 0.1) is 18.6 Å². The zero-order valence-electron chi connectivity index (χ0n) is 11.3. The summed E-state index contributed by atoms with van der Waals surface area (Å²) in [5.41, 5.74) is 2.53. The van der Waals surface area contributed by atoms with Crippen molar-refractivity contribution < 1.29 is 9.53 Å². The molecule has 1 aromatic rings. The van der Waals surface area contributed by atoms with Gasteiger partial charge >= 0.3 is 0 Å². The highest BCUT2D eigenvalue weighted by atomic mass is 16.5. The van der Waals surface area contributed by atoms with E-state index in [-0.39, 0.29) is 17.9 Å². The number of morpholine rings is 1. The number of likely N-dealkylation sites (N-methyl/N-ethyl adjacent to an activating group) is 1. The van der Waals surface area contributed by atoms with Crippen LogP contribution in [0.2, 0.25) is 0 Å². The van der Waals surface area contributed by atoms with E-state index in [4.69, 9.17) is 4.74 Å². The molecule has 4 heteroatoms. The number of fused-ring (bicyclic) bond motifs is 1. The minimum Gasteiger partial charge on any atom is -0.373 e. The molecule has 1 aromatic carbocycles. The second kappa shape index (κ2) is 5.31.